The maximum absolute atomic E-state index is 12.2. The summed E-state index contributed by atoms with van der Waals surface area (Å²) < 4.78 is 10.5. The third kappa shape index (κ3) is 3.42. The van der Waals surface area contributed by atoms with Gasteiger partial charge in [-0.3, -0.25) is 4.79 Å². The van der Waals surface area contributed by atoms with Gasteiger partial charge in [0.15, 0.2) is 0 Å². The van der Waals surface area contributed by atoms with Crippen LogP contribution >= 0.6 is 11.6 Å². The highest BCUT2D eigenvalue weighted by Gasteiger charge is 2.35. The fraction of sp³-hybridized carbons (Fsp3) is 0.500. The summed E-state index contributed by atoms with van der Waals surface area (Å²) in [7, 11) is 1.58. The molecule has 1 amide bonds. The number of amides is 1. The zero-order chi connectivity index (χ0) is 14.6. The maximum Gasteiger partial charge on any atom is 0.240 e. The van der Waals surface area contributed by atoms with Gasteiger partial charge < -0.3 is 20.5 Å². The van der Waals surface area contributed by atoms with Crippen LogP contribution in [-0.4, -0.2) is 31.8 Å². The zero-order valence-electron chi connectivity index (χ0n) is 11.4. The van der Waals surface area contributed by atoms with E-state index in [1.54, 1.807) is 25.3 Å². The Balaban J connectivity index is 2.01. The van der Waals surface area contributed by atoms with Gasteiger partial charge >= 0.3 is 0 Å². The molecule has 0 aliphatic carbocycles. The summed E-state index contributed by atoms with van der Waals surface area (Å²) in [5, 5.41) is 3.45. The van der Waals surface area contributed by atoms with E-state index in [4.69, 9.17) is 26.8 Å². The second-order valence-electron chi connectivity index (χ2n) is 4.91. The molecule has 0 spiro atoms. The number of ether oxygens (including phenoxy) is 2. The summed E-state index contributed by atoms with van der Waals surface area (Å²) in [6.45, 7) is 1.37. The lowest BCUT2D eigenvalue weighted by molar-refractivity contribution is -0.129. The van der Waals surface area contributed by atoms with Gasteiger partial charge in [0.2, 0.25) is 5.91 Å². The molecule has 0 aromatic heterocycles. The number of hydrogen-bond donors (Lipinski definition) is 2. The summed E-state index contributed by atoms with van der Waals surface area (Å²) in [5.74, 6) is 0.524. The smallest absolute Gasteiger partial charge is 0.240 e. The number of carbonyl (C=O) groups is 1. The van der Waals surface area contributed by atoms with Gasteiger partial charge in [0.1, 0.15) is 5.75 Å². The SMILES string of the molecule is COc1ccc(Cl)cc1CNC(=O)C1(N)CCOCC1. The molecule has 110 valence electrons. The topological polar surface area (TPSA) is 73.6 Å². The molecular weight excluding hydrogens is 280 g/mol. The Bertz CT molecular complexity index is 487. The molecular formula is C14H19ClN2O3. The summed E-state index contributed by atoms with van der Waals surface area (Å²) in [5.41, 5.74) is 6.10. The summed E-state index contributed by atoms with van der Waals surface area (Å²) >= 11 is 5.96. The van der Waals surface area contributed by atoms with Crippen LogP contribution in [0.2, 0.25) is 5.02 Å². The van der Waals surface area contributed by atoms with Crippen LogP contribution in [-0.2, 0) is 16.1 Å². The predicted molar refractivity (Wildman–Crippen MR) is 76.8 cm³/mol. The van der Waals surface area contributed by atoms with E-state index in [9.17, 15) is 4.79 Å². The van der Waals surface area contributed by atoms with Crippen molar-refractivity contribution in [1.29, 1.82) is 0 Å². The Hall–Kier alpha value is -1.30. The van der Waals surface area contributed by atoms with Crippen molar-refractivity contribution < 1.29 is 14.3 Å². The number of carbonyl (C=O) groups excluding carboxylic acids is 1. The molecule has 0 unspecified atom stereocenters. The van der Waals surface area contributed by atoms with Crippen LogP contribution in [0, 0.1) is 0 Å². The fourth-order valence-electron chi connectivity index (χ4n) is 2.20. The first kappa shape index (κ1) is 15.1. The van der Waals surface area contributed by atoms with Crippen LogP contribution in [0.15, 0.2) is 18.2 Å². The molecule has 0 atom stereocenters. The van der Waals surface area contributed by atoms with Gasteiger partial charge in [-0.1, -0.05) is 11.6 Å². The molecule has 1 aliphatic rings. The molecule has 1 aromatic rings. The third-order valence-corrected chi connectivity index (χ3v) is 3.75. The van der Waals surface area contributed by atoms with Gasteiger partial charge in [-0.2, -0.15) is 0 Å². The molecule has 0 saturated carbocycles. The van der Waals surface area contributed by atoms with E-state index in [2.05, 4.69) is 5.32 Å². The van der Waals surface area contributed by atoms with E-state index in [1.165, 1.54) is 0 Å². The third-order valence-electron chi connectivity index (χ3n) is 3.52. The normalized spacial score (nSPS) is 17.6. The summed E-state index contributed by atoms with van der Waals surface area (Å²) in [6.07, 6.45) is 1.07. The number of methoxy groups -OCH3 is 1. The van der Waals surface area contributed by atoms with Crippen molar-refractivity contribution in [2.75, 3.05) is 20.3 Å². The lowest BCUT2D eigenvalue weighted by Gasteiger charge is -2.31. The van der Waals surface area contributed by atoms with E-state index < -0.39 is 5.54 Å². The van der Waals surface area contributed by atoms with Crippen molar-refractivity contribution in [2.45, 2.75) is 24.9 Å². The zero-order valence-corrected chi connectivity index (χ0v) is 12.2. The molecule has 1 aliphatic heterocycles. The predicted octanol–water partition coefficient (Wildman–Crippen LogP) is 1.47. The van der Waals surface area contributed by atoms with Crippen LogP contribution in [0.3, 0.4) is 0 Å². The van der Waals surface area contributed by atoms with Crippen LogP contribution in [0.5, 0.6) is 5.75 Å². The van der Waals surface area contributed by atoms with Crippen molar-refractivity contribution in [3.8, 4) is 5.75 Å². The number of halogens is 1. The molecule has 1 aromatic carbocycles. The second kappa shape index (κ2) is 6.43. The van der Waals surface area contributed by atoms with Crippen LogP contribution in [0.1, 0.15) is 18.4 Å². The van der Waals surface area contributed by atoms with Gasteiger partial charge in [0, 0.05) is 30.3 Å². The molecule has 2 rings (SSSR count). The molecule has 1 saturated heterocycles. The van der Waals surface area contributed by atoms with Crippen molar-refractivity contribution in [2.24, 2.45) is 5.73 Å². The van der Waals surface area contributed by atoms with E-state index in [0.29, 0.717) is 43.4 Å². The first-order valence-corrected chi connectivity index (χ1v) is 6.90. The van der Waals surface area contributed by atoms with Crippen molar-refractivity contribution in [1.82, 2.24) is 5.32 Å². The number of rotatable bonds is 4. The minimum absolute atomic E-state index is 0.164. The minimum atomic E-state index is -0.843. The lowest BCUT2D eigenvalue weighted by Crippen LogP contribution is -2.56. The number of benzene rings is 1. The highest BCUT2D eigenvalue weighted by Crippen LogP contribution is 2.23. The second-order valence-corrected chi connectivity index (χ2v) is 5.34. The fourth-order valence-corrected chi connectivity index (χ4v) is 2.39. The standard InChI is InChI=1S/C14H19ClN2O3/c1-19-12-3-2-11(15)8-10(12)9-17-13(18)14(16)4-6-20-7-5-14/h2-3,8H,4-7,9,16H2,1H3,(H,17,18). The van der Waals surface area contributed by atoms with Gasteiger partial charge in [-0.25, -0.2) is 0 Å². The Morgan fingerprint density at radius 3 is 2.85 bits per heavy atom. The number of nitrogens with two attached hydrogens (primary N) is 1. The highest BCUT2D eigenvalue weighted by molar-refractivity contribution is 6.30. The average molecular weight is 299 g/mol. The van der Waals surface area contributed by atoms with Crippen molar-refractivity contribution >= 4 is 17.5 Å². The first-order valence-electron chi connectivity index (χ1n) is 6.52. The highest BCUT2D eigenvalue weighted by atomic mass is 35.5. The van der Waals surface area contributed by atoms with Gasteiger partial charge in [0.05, 0.1) is 12.6 Å². The average Bonchev–Trinajstić information content (AvgIpc) is 2.45. The van der Waals surface area contributed by atoms with Crippen molar-refractivity contribution in [3.63, 3.8) is 0 Å². The van der Waals surface area contributed by atoms with Gasteiger partial charge in [-0.05, 0) is 31.0 Å². The van der Waals surface area contributed by atoms with Crippen molar-refractivity contribution in [3.05, 3.63) is 28.8 Å². The quantitative estimate of drug-likeness (QED) is 0.883. The molecule has 0 bridgehead atoms. The first-order chi connectivity index (χ1) is 9.55. The molecule has 5 nitrogen and oxygen atoms in total. The lowest BCUT2D eigenvalue weighted by atomic mass is 9.90. The van der Waals surface area contributed by atoms with Crippen LogP contribution in [0.4, 0.5) is 0 Å². The van der Waals surface area contributed by atoms with E-state index in [0.717, 1.165) is 5.56 Å². The molecule has 6 heteroatoms. The number of nitrogens with one attached hydrogen (secondary N) is 1. The molecule has 20 heavy (non-hydrogen) atoms. The summed E-state index contributed by atoms with van der Waals surface area (Å²) in [4.78, 5) is 12.2. The largest absolute Gasteiger partial charge is 0.496 e. The maximum atomic E-state index is 12.2. The molecule has 0 radical (unpaired) electrons. The van der Waals surface area contributed by atoms with E-state index in [-0.39, 0.29) is 5.91 Å². The van der Waals surface area contributed by atoms with Gasteiger partial charge in [0.25, 0.3) is 0 Å². The Morgan fingerprint density at radius 1 is 1.50 bits per heavy atom. The molecule has 1 heterocycles. The molecule has 3 N–H and O–H groups in total. The van der Waals surface area contributed by atoms with Gasteiger partial charge in [-0.15, -0.1) is 0 Å². The Morgan fingerprint density at radius 2 is 2.20 bits per heavy atom. The van der Waals surface area contributed by atoms with E-state index >= 15 is 0 Å². The molecule has 1 fully saturated rings. The summed E-state index contributed by atoms with van der Waals surface area (Å²) in [6, 6.07) is 5.29. The number of hydrogen-bond acceptors (Lipinski definition) is 4. The van der Waals surface area contributed by atoms with Crippen LogP contribution < -0.4 is 15.8 Å². The van der Waals surface area contributed by atoms with E-state index in [1.807, 2.05) is 0 Å². The monoisotopic (exact) mass is 298 g/mol. The van der Waals surface area contributed by atoms with Crippen LogP contribution in [0.25, 0.3) is 0 Å². The minimum Gasteiger partial charge on any atom is -0.496 e. The Labute approximate surface area is 123 Å². The Kier molecular flexibility index (Phi) is 4.86.